The number of hydrogen-bond acceptors (Lipinski definition) is 7. The number of hydrogen-bond donors (Lipinski definition) is 0. The van der Waals surface area contributed by atoms with Crippen molar-refractivity contribution in [1.29, 1.82) is 0 Å². The maximum absolute atomic E-state index is 12.8. The number of halogens is 3. The Kier molecular flexibility index (Phi) is 8.08. The van der Waals surface area contributed by atoms with Gasteiger partial charge in [0.25, 0.3) is 0 Å². The van der Waals surface area contributed by atoms with Gasteiger partial charge in [-0.1, -0.05) is 18.6 Å². The molecule has 6 rings (SSSR count). The topological polar surface area (TPSA) is 82.1 Å². The van der Waals surface area contributed by atoms with E-state index >= 15 is 0 Å². The lowest BCUT2D eigenvalue weighted by atomic mass is 9.98. The highest BCUT2D eigenvalue weighted by Crippen LogP contribution is 2.42. The second kappa shape index (κ2) is 12.0. The monoisotopic (exact) mass is 623 g/mol. The summed E-state index contributed by atoms with van der Waals surface area (Å²) in [6.07, 6.45) is 0.0926. The van der Waals surface area contributed by atoms with Crippen LogP contribution in [0.4, 0.5) is 13.2 Å². The van der Waals surface area contributed by atoms with Gasteiger partial charge in [0.1, 0.15) is 29.6 Å². The second-order valence-electron chi connectivity index (χ2n) is 10.6. The number of likely N-dealkylation sites (tertiary alicyclic amines) is 1. The molecule has 7 nitrogen and oxygen atoms in total. The lowest BCUT2D eigenvalue weighted by molar-refractivity contribution is -0.189. The molecule has 2 heterocycles. The predicted molar refractivity (Wildman–Crippen MR) is 160 cm³/mol. The molecule has 0 aliphatic carbocycles. The number of rotatable bonds is 8. The Morgan fingerprint density at radius 3 is 2.32 bits per heavy atom. The minimum Gasteiger partial charge on any atom is -0.492 e. The zero-order valence-corrected chi connectivity index (χ0v) is 24.3. The zero-order valence-electron chi connectivity index (χ0n) is 23.5. The Bertz CT molecular complexity index is 1850. The average molecular weight is 624 g/mol. The van der Waals surface area contributed by atoms with Crippen LogP contribution in [0, 0.1) is 0 Å². The minimum absolute atomic E-state index is 0.205. The molecule has 2 aliphatic heterocycles. The van der Waals surface area contributed by atoms with Crippen LogP contribution in [0.5, 0.6) is 23.0 Å². The summed E-state index contributed by atoms with van der Waals surface area (Å²) in [6.45, 7) is 3.60. The largest absolute Gasteiger partial charge is 0.492 e. The fraction of sp³-hybridized carbons (Fsp3) is 0.242. The number of ether oxygens (including phenoxy) is 3. The molecule has 0 bridgehead atoms. The fourth-order valence-corrected chi connectivity index (χ4v) is 6.57. The molecule has 0 saturated carbocycles. The normalized spacial score (nSPS) is 16.1. The van der Waals surface area contributed by atoms with Gasteiger partial charge in [0.2, 0.25) is 0 Å². The van der Waals surface area contributed by atoms with Crippen molar-refractivity contribution < 1.29 is 40.6 Å². The third-order valence-corrected chi connectivity index (χ3v) is 9.09. The van der Waals surface area contributed by atoms with Crippen molar-refractivity contribution in [2.24, 2.45) is 0 Å². The number of alkyl halides is 3. The van der Waals surface area contributed by atoms with E-state index in [1.165, 1.54) is 49.6 Å². The van der Waals surface area contributed by atoms with Crippen LogP contribution in [-0.2, 0) is 14.6 Å². The number of carbonyl (C=O) groups excluding carboxylic acids is 1. The molecule has 4 aromatic rings. The van der Waals surface area contributed by atoms with Crippen LogP contribution in [0.1, 0.15) is 24.8 Å². The standard InChI is InChI=1S/C33H28F3NO6S/c34-33(35,36)32(38)43-27-10-12-29-23(21-27)4-11-28(22-5-13-30-24(20-22)14-19-44(30,39)40)31(29)42-26-8-6-25(7-9-26)41-18-17-37-15-2-1-3-16-37/h4-14,19-21H,1-3,15-18H2. The second-order valence-corrected chi connectivity index (χ2v) is 12.4. The van der Waals surface area contributed by atoms with Gasteiger partial charge in [0, 0.05) is 22.9 Å². The third-order valence-electron chi connectivity index (χ3n) is 7.61. The summed E-state index contributed by atoms with van der Waals surface area (Å²) in [6, 6.07) is 19.6. The quantitative estimate of drug-likeness (QED) is 0.150. The van der Waals surface area contributed by atoms with E-state index in [1.54, 1.807) is 48.5 Å². The van der Waals surface area contributed by atoms with Gasteiger partial charge in [0.15, 0.2) is 9.84 Å². The zero-order chi connectivity index (χ0) is 30.9. The van der Waals surface area contributed by atoms with Gasteiger partial charge >= 0.3 is 12.1 Å². The summed E-state index contributed by atoms with van der Waals surface area (Å²) in [4.78, 5) is 14.0. The van der Waals surface area contributed by atoms with Gasteiger partial charge in [-0.05, 0) is 109 Å². The number of carbonyl (C=O) groups is 1. The number of esters is 1. The molecule has 44 heavy (non-hydrogen) atoms. The van der Waals surface area contributed by atoms with Gasteiger partial charge in [0.05, 0.1) is 4.90 Å². The van der Waals surface area contributed by atoms with E-state index in [2.05, 4.69) is 9.64 Å². The van der Waals surface area contributed by atoms with Gasteiger partial charge in [-0.2, -0.15) is 13.2 Å². The molecule has 0 aromatic heterocycles. The van der Waals surface area contributed by atoms with Gasteiger partial charge in [-0.15, -0.1) is 0 Å². The van der Waals surface area contributed by atoms with Gasteiger partial charge in [-0.25, -0.2) is 13.2 Å². The summed E-state index contributed by atoms with van der Waals surface area (Å²) >= 11 is 0. The highest BCUT2D eigenvalue weighted by molar-refractivity contribution is 7.94. The molecule has 11 heteroatoms. The molecule has 0 N–H and O–H groups in total. The molecule has 1 fully saturated rings. The van der Waals surface area contributed by atoms with E-state index in [0.717, 1.165) is 25.0 Å². The Hall–Kier alpha value is -4.35. The van der Waals surface area contributed by atoms with Gasteiger partial charge < -0.3 is 14.2 Å². The molecule has 1 saturated heterocycles. The van der Waals surface area contributed by atoms with Crippen LogP contribution in [0.3, 0.4) is 0 Å². The third kappa shape index (κ3) is 6.44. The van der Waals surface area contributed by atoms with E-state index in [9.17, 15) is 26.4 Å². The summed E-state index contributed by atoms with van der Waals surface area (Å²) in [5.41, 5.74) is 1.83. The van der Waals surface area contributed by atoms with Crippen molar-refractivity contribution >= 4 is 32.7 Å². The number of sulfone groups is 1. The Morgan fingerprint density at radius 1 is 0.841 bits per heavy atom. The molecule has 0 radical (unpaired) electrons. The van der Waals surface area contributed by atoms with Crippen LogP contribution in [0.2, 0.25) is 0 Å². The van der Waals surface area contributed by atoms with Crippen LogP contribution in [0.15, 0.2) is 83.1 Å². The number of fused-ring (bicyclic) bond motifs is 2. The lowest BCUT2D eigenvalue weighted by Gasteiger charge is -2.26. The summed E-state index contributed by atoms with van der Waals surface area (Å²) < 4.78 is 79.8. The smallest absolute Gasteiger partial charge is 0.491 e. The van der Waals surface area contributed by atoms with Crippen molar-refractivity contribution in [2.75, 3.05) is 26.2 Å². The average Bonchev–Trinajstić information content (AvgIpc) is 3.31. The highest BCUT2D eigenvalue weighted by Gasteiger charge is 2.41. The van der Waals surface area contributed by atoms with E-state index < -0.39 is 22.0 Å². The van der Waals surface area contributed by atoms with E-state index in [0.29, 0.717) is 51.3 Å². The maximum atomic E-state index is 12.8. The molecular formula is C33H28F3NO6S. The van der Waals surface area contributed by atoms with Crippen molar-refractivity contribution in [2.45, 2.75) is 30.3 Å². The first-order chi connectivity index (χ1) is 21.1. The van der Waals surface area contributed by atoms with Crippen LogP contribution in [-0.4, -0.2) is 51.7 Å². The summed E-state index contributed by atoms with van der Waals surface area (Å²) in [5.74, 6) is -1.02. The molecule has 0 unspecified atom stereocenters. The van der Waals surface area contributed by atoms with Gasteiger partial charge in [-0.3, -0.25) is 4.90 Å². The van der Waals surface area contributed by atoms with Crippen LogP contribution in [0.25, 0.3) is 28.0 Å². The first-order valence-corrected chi connectivity index (χ1v) is 15.7. The maximum Gasteiger partial charge on any atom is 0.491 e. The molecule has 0 atom stereocenters. The fourth-order valence-electron chi connectivity index (χ4n) is 5.38. The minimum atomic E-state index is -5.13. The summed E-state index contributed by atoms with van der Waals surface area (Å²) in [5, 5.41) is 2.16. The van der Waals surface area contributed by atoms with Crippen molar-refractivity contribution in [3.8, 4) is 34.1 Å². The van der Waals surface area contributed by atoms with Crippen molar-refractivity contribution in [3.05, 3.63) is 83.8 Å². The first kappa shape index (κ1) is 29.7. The Labute approximate surface area is 252 Å². The first-order valence-electron chi connectivity index (χ1n) is 14.1. The number of nitrogens with zero attached hydrogens (tertiary/aromatic N) is 1. The number of benzene rings is 4. The van der Waals surface area contributed by atoms with E-state index in [4.69, 9.17) is 9.47 Å². The van der Waals surface area contributed by atoms with E-state index in [-0.39, 0.29) is 10.6 Å². The molecule has 0 spiro atoms. The Balaban J connectivity index is 1.30. The number of piperidine rings is 1. The molecular weight excluding hydrogens is 595 g/mol. The molecule has 4 aromatic carbocycles. The van der Waals surface area contributed by atoms with Crippen molar-refractivity contribution in [1.82, 2.24) is 4.90 Å². The molecule has 228 valence electrons. The lowest BCUT2D eigenvalue weighted by Crippen LogP contribution is -2.33. The SMILES string of the molecule is O=C(Oc1ccc2c(Oc3ccc(OCCN4CCCCC4)cc3)c(-c3ccc4c(c3)C=CS4(=O)=O)ccc2c1)C(F)(F)F. The molecule has 0 amide bonds. The Morgan fingerprint density at radius 2 is 1.57 bits per heavy atom. The highest BCUT2D eigenvalue weighted by atomic mass is 32.2. The van der Waals surface area contributed by atoms with Crippen LogP contribution < -0.4 is 14.2 Å². The predicted octanol–water partition coefficient (Wildman–Crippen LogP) is 7.39. The summed E-state index contributed by atoms with van der Waals surface area (Å²) in [7, 11) is -3.49. The van der Waals surface area contributed by atoms with E-state index in [1.807, 2.05) is 0 Å². The van der Waals surface area contributed by atoms with Crippen molar-refractivity contribution in [3.63, 3.8) is 0 Å². The van der Waals surface area contributed by atoms with Crippen LogP contribution >= 0.6 is 0 Å². The molecule has 2 aliphatic rings.